The fourth-order valence-corrected chi connectivity index (χ4v) is 3.81. The van der Waals surface area contributed by atoms with E-state index >= 15 is 0 Å². The number of nitrogens with zero attached hydrogens (tertiary/aromatic N) is 5. The Morgan fingerprint density at radius 2 is 1.86 bits per heavy atom. The Hall–Kier alpha value is -3.22. The summed E-state index contributed by atoms with van der Waals surface area (Å²) in [5.41, 5.74) is 6.64. The Balaban J connectivity index is 1.54. The lowest BCUT2D eigenvalue weighted by Crippen LogP contribution is -2.27. The van der Waals surface area contributed by atoms with E-state index in [1.807, 2.05) is 63.5 Å². The highest BCUT2D eigenvalue weighted by Gasteiger charge is 2.18. The fourth-order valence-electron chi connectivity index (χ4n) is 3.81. The number of amides is 1. The van der Waals surface area contributed by atoms with Gasteiger partial charge in [0.15, 0.2) is 5.65 Å². The number of aromatic nitrogens is 4. The van der Waals surface area contributed by atoms with E-state index in [1.165, 1.54) is 0 Å². The predicted octanol–water partition coefficient (Wildman–Crippen LogP) is 3.70. The first-order chi connectivity index (χ1) is 13.9. The number of fused-ring (bicyclic) bond motifs is 3. The topological polar surface area (TPSA) is 76.5 Å². The Morgan fingerprint density at radius 1 is 1.10 bits per heavy atom. The van der Waals surface area contributed by atoms with Gasteiger partial charge in [0.1, 0.15) is 5.76 Å². The maximum absolute atomic E-state index is 12.7. The van der Waals surface area contributed by atoms with E-state index in [0.29, 0.717) is 19.4 Å². The second kappa shape index (κ2) is 7.31. The van der Waals surface area contributed by atoms with Gasteiger partial charge in [-0.05, 0) is 51.8 Å². The second-order valence-corrected chi connectivity index (χ2v) is 7.57. The molecule has 0 bridgehead atoms. The van der Waals surface area contributed by atoms with E-state index in [4.69, 9.17) is 9.51 Å². The van der Waals surface area contributed by atoms with Crippen LogP contribution in [0.25, 0.3) is 16.6 Å². The lowest BCUT2D eigenvalue weighted by molar-refractivity contribution is -0.130. The minimum absolute atomic E-state index is 0.0783. The normalized spacial score (nSPS) is 11.5. The zero-order valence-electron chi connectivity index (χ0n) is 17.5. The molecule has 0 N–H and O–H groups in total. The molecule has 150 valence electrons. The number of aryl methyl sites for hydroxylation is 4. The standard InChI is InChI=1S/C22H25N5O2/c1-13-17(10-11-21(28)26(5)12-19-14(2)25-29-16(19)4)15(3)27-22(23-13)18-8-6-7-9-20(18)24-27/h6-9H,10-12H2,1-5H3. The SMILES string of the molecule is Cc1noc(C)c1CN(C)C(=O)CCc1c(C)nc2c3ccccc3nn2c1C. The molecule has 0 fully saturated rings. The quantitative estimate of drug-likeness (QED) is 0.518. The largest absolute Gasteiger partial charge is 0.361 e. The molecule has 7 nitrogen and oxygen atoms in total. The van der Waals surface area contributed by atoms with E-state index in [1.54, 1.807) is 4.90 Å². The highest BCUT2D eigenvalue weighted by atomic mass is 16.5. The number of carbonyl (C=O) groups excluding carboxylic acids is 1. The molecule has 4 aromatic rings. The summed E-state index contributed by atoms with van der Waals surface area (Å²) in [5.74, 6) is 0.837. The molecule has 0 aliphatic heterocycles. The molecule has 1 amide bonds. The first-order valence-electron chi connectivity index (χ1n) is 9.76. The molecule has 0 saturated heterocycles. The van der Waals surface area contributed by atoms with Crippen molar-refractivity contribution in [1.29, 1.82) is 0 Å². The lowest BCUT2D eigenvalue weighted by atomic mass is 10.1. The summed E-state index contributed by atoms with van der Waals surface area (Å²) in [4.78, 5) is 19.2. The Morgan fingerprint density at radius 3 is 2.59 bits per heavy atom. The molecular formula is C22H25N5O2. The Bertz CT molecular complexity index is 1200. The summed E-state index contributed by atoms with van der Waals surface area (Å²) < 4.78 is 7.09. The molecule has 7 heteroatoms. The summed E-state index contributed by atoms with van der Waals surface area (Å²) in [5, 5.41) is 9.69. The van der Waals surface area contributed by atoms with Gasteiger partial charge in [0.2, 0.25) is 5.91 Å². The highest BCUT2D eigenvalue weighted by molar-refractivity contribution is 5.92. The van der Waals surface area contributed by atoms with Gasteiger partial charge in [-0.3, -0.25) is 4.79 Å². The molecule has 4 rings (SSSR count). The monoisotopic (exact) mass is 391 g/mol. The smallest absolute Gasteiger partial charge is 0.222 e. The molecular weight excluding hydrogens is 366 g/mol. The van der Waals surface area contributed by atoms with Crippen LogP contribution in [-0.2, 0) is 17.8 Å². The first-order valence-corrected chi connectivity index (χ1v) is 9.76. The van der Waals surface area contributed by atoms with Crippen molar-refractivity contribution in [2.45, 2.75) is 47.1 Å². The van der Waals surface area contributed by atoms with Crippen LogP contribution in [0.2, 0.25) is 0 Å². The van der Waals surface area contributed by atoms with Crippen LogP contribution in [0.5, 0.6) is 0 Å². The zero-order chi connectivity index (χ0) is 20.7. The van der Waals surface area contributed by atoms with Crippen molar-refractivity contribution >= 4 is 22.5 Å². The van der Waals surface area contributed by atoms with Gasteiger partial charge in [0.25, 0.3) is 0 Å². The molecule has 0 saturated carbocycles. The minimum Gasteiger partial charge on any atom is -0.361 e. The van der Waals surface area contributed by atoms with Crippen molar-refractivity contribution in [2.24, 2.45) is 0 Å². The van der Waals surface area contributed by atoms with Crippen LogP contribution in [0.1, 0.15) is 40.4 Å². The van der Waals surface area contributed by atoms with E-state index in [0.717, 1.165) is 50.5 Å². The molecule has 0 atom stereocenters. The summed E-state index contributed by atoms with van der Waals surface area (Å²) in [6, 6.07) is 8.01. The summed E-state index contributed by atoms with van der Waals surface area (Å²) in [6.07, 6.45) is 1.04. The van der Waals surface area contributed by atoms with Crippen molar-refractivity contribution in [2.75, 3.05) is 7.05 Å². The van der Waals surface area contributed by atoms with Gasteiger partial charge in [-0.1, -0.05) is 17.3 Å². The molecule has 1 aromatic carbocycles. The number of hydrogen-bond acceptors (Lipinski definition) is 5. The van der Waals surface area contributed by atoms with Crippen molar-refractivity contribution in [1.82, 2.24) is 24.7 Å². The van der Waals surface area contributed by atoms with Crippen LogP contribution in [0.15, 0.2) is 28.8 Å². The van der Waals surface area contributed by atoms with Crippen LogP contribution in [0.4, 0.5) is 0 Å². The third-order valence-electron chi connectivity index (χ3n) is 5.61. The molecule has 3 aromatic heterocycles. The lowest BCUT2D eigenvalue weighted by Gasteiger charge is -2.18. The van der Waals surface area contributed by atoms with Gasteiger partial charge in [-0.2, -0.15) is 5.10 Å². The molecule has 29 heavy (non-hydrogen) atoms. The van der Waals surface area contributed by atoms with Crippen molar-refractivity contribution in [3.05, 3.63) is 58.2 Å². The van der Waals surface area contributed by atoms with Gasteiger partial charge in [0, 0.05) is 35.8 Å². The average molecular weight is 391 g/mol. The van der Waals surface area contributed by atoms with Gasteiger partial charge >= 0.3 is 0 Å². The maximum atomic E-state index is 12.7. The van der Waals surface area contributed by atoms with E-state index in [9.17, 15) is 4.79 Å². The maximum Gasteiger partial charge on any atom is 0.222 e. The van der Waals surface area contributed by atoms with Gasteiger partial charge in [-0.25, -0.2) is 9.50 Å². The summed E-state index contributed by atoms with van der Waals surface area (Å²) in [6.45, 7) is 8.31. The van der Waals surface area contributed by atoms with Crippen LogP contribution < -0.4 is 0 Å². The molecule has 0 radical (unpaired) electrons. The van der Waals surface area contributed by atoms with Crippen LogP contribution in [-0.4, -0.2) is 37.6 Å². The Kier molecular flexibility index (Phi) is 4.82. The first kappa shape index (κ1) is 19.1. The number of carbonyl (C=O) groups is 1. The number of hydrogen-bond donors (Lipinski definition) is 0. The summed E-state index contributed by atoms with van der Waals surface area (Å²) in [7, 11) is 1.82. The third-order valence-corrected chi connectivity index (χ3v) is 5.61. The molecule has 0 aliphatic rings. The third kappa shape index (κ3) is 3.37. The molecule has 0 unspecified atom stereocenters. The van der Waals surface area contributed by atoms with Gasteiger partial charge < -0.3 is 9.42 Å². The molecule has 0 aliphatic carbocycles. The van der Waals surface area contributed by atoms with E-state index < -0.39 is 0 Å². The number of benzene rings is 1. The fraction of sp³-hybridized carbons (Fsp3) is 0.364. The predicted molar refractivity (Wildman–Crippen MR) is 111 cm³/mol. The van der Waals surface area contributed by atoms with Crippen LogP contribution >= 0.6 is 0 Å². The number of rotatable bonds is 5. The van der Waals surface area contributed by atoms with Gasteiger partial charge in [0.05, 0.1) is 17.8 Å². The molecule has 3 heterocycles. The summed E-state index contributed by atoms with van der Waals surface area (Å²) >= 11 is 0. The average Bonchev–Trinajstić information content (AvgIpc) is 3.22. The minimum atomic E-state index is 0.0783. The van der Waals surface area contributed by atoms with Crippen LogP contribution in [0.3, 0.4) is 0 Å². The van der Waals surface area contributed by atoms with Gasteiger partial charge in [-0.15, -0.1) is 0 Å². The highest BCUT2D eigenvalue weighted by Crippen LogP contribution is 2.23. The second-order valence-electron chi connectivity index (χ2n) is 7.57. The van der Waals surface area contributed by atoms with Crippen LogP contribution in [0, 0.1) is 27.7 Å². The molecule has 0 spiro atoms. The van der Waals surface area contributed by atoms with Crippen molar-refractivity contribution < 1.29 is 9.32 Å². The Labute approximate surface area is 169 Å². The van der Waals surface area contributed by atoms with E-state index in [-0.39, 0.29) is 5.91 Å². The van der Waals surface area contributed by atoms with Crippen molar-refractivity contribution in [3.8, 4) is 0 Å². The van der Waals surface area contributed by atoms with Crippen molar-refractivity contribution in [3.63, 3.8) is 0 Å². The van der Waals surface area contributed by atoms with E-state index in [2.05, 4.69) is 10.3 Å². The zero-order valence-corrected chi connectivity index (χ0v) is 17.5.